The van der Waals surface area contributed by atoms with Gasteiger partial charge in [0.05, 0.1) is 24.8 Å². The van der Waals surface area contributed by atoms with Gasteiger partial charge in [0.2, 0.25) is 5.13 Å². The molecule has 0 bridgehead atoms. The summed E-state index contributed by atoms with van der Waals surface area (Å²) in [6.07, 6.45) is 3.10. The third kappa shape index (κ3) is 6.95. The first-order valence-electron chi connectivity index (χ1n) is 14.4. The molecule has 0 radical (unpaired) electrons. The van der Waals surface area contributed by atoms with Gasteiger partial charge in [-0.3, -0.25) is 14.5 Å². The third-order valence-electron chi connectivity index (χ3n) is 7.01. The second-order valence-electron chi connectivity index (χ2n) is 9.98. The molecule has 1 N–H and O–H groups in total. The fourth-order valence-electron chi connectivity index (χ4n) is 4.78. The number of Topliss-reactive ketones (excluding diaryl/α,β-unsaturated/α-hetero) is 1. The number of rotatable bonds is 13. The van der Waals surface area contributed by atoms with Gasteiger partial charge in [-0.15, -0.1) is 10.2 Å². The number of aliphatic hydroxyl groups is 1. The van der Waals surface area contributed by atoms with Gasteiger partial charge in [0.1, 0.15) is 23.1 Å². The average molecular weight is 634 g/mol. The number of ketones is 1. The van der Waals surface area contributed by atoms with Crippen LogP contribution in [-0.4, -0.2) is 40.2 Å². The molecule has 1 atom stereocenters. The maximum Gasteiger partial charge on any atom is 0.301 e. The predicted octanol–water partition coefficient (Wildman–Crippen LogP) is 7.56. The van der Waals surface area contributed by atoms with Crippen molar-refractivity contribution >= 4 is 45.7 Å². The number of unbranched alkanes of at least 4 members (excludes halogenated alkanes) is 2. The lowest BCUT2D eigenvalue weighted by atomic mass is 9.95. The molecular weight excluding hydrogens is 602 g/mol. The van der Waals surface area contributed by atoms with Crippen LogP contribution in [0.25, 0.3) is 5.76 Å². The first-order chi connectivity index (χ1) is 21.4. The van der Waals surface area contributed by atoms with Crippen molar-refractivity contribution in [2.24, 2.45) is 0 Å². The molecular formula is C33H32FN3O5S2. The Bertz CT molecular complexity index is 1640. The zero-order chi connectivity index (χ0) is 31.1. The first-order valence-corrected chi connectivity index (χ1v) is 16.2. The van der Waals surface area contributed by atoms with E-state index in [9.17, 15) is 19.1 Å². The Kier molecular flexibility index (Phi) is 10.3. The maximum atomic E-state index is 14.1. The van der Waals surface area contributed by atoms with Crippen molar-refractivity contribution in [2.75, 3.05) is 18.1 Å². The summed E-state index contributed by atoms with van der Waals surface area (Å²) < 4.78 is 26.0. The third-order valence-corrected chi connectivity index (χ3v) is 9.11. The molecule has 0 spiro atoms. The zero-order valence-corrected chi connectivity index (χ0v) is 26.0. The number of ether oxygens (including phenoxy) is 2. The summed E-state index contributed by atoms with van der Waals surface area (Å²) in [4.78, 5) is 28.3. The monoisotopic (exact) mass is 633 g/mol. The quantitative estimate of drug-likeness (QED) is 0.0402. The van der Waals surface area contributed by atoms with Crippen molar-refractivity contribution in [1.29, 1.82) is 0 Å². The Morgan fingerprint density at radius 1 is 0.955 bits per heavy atom. The summed E-state index contributed by atoms with van der Waals surface area (Å²) in [6.45, 7) is 5.06. The molecule has 5 rings (SSSR count). The molecule has 1 aliphatic rings. The number of aliphatic hydroxyl groups excluding tert-OH is 1. The molecule has 4 aromatic rings. The number of carbonyl (C=O) groups is 2. The van der Waals surface area contributed by atoms with Crippen LogP contribution in [0.2, 0.25) is 0 Å². The number of carbonyl (C=O) groups excluding carboxylic acids is 2. The molecule has 1 saturated heterocycles. The van der Waals surface area contributed by atoms with Gasteiger partial charge in [0, 0.05) is 11.3 Å². The van der Waals surface area contributed by atoms with Gasteiger partial charge in [0.15, 0.2) is 4.34 Å². The van der Waals surface area contributed by atoms with Gasteiger partial charge in [-0.2, -0.15) is 0 Å². The molecule has 8 nitrogen and oxygen atoms in total. The van der Waals surface area contributed by atoms with E-state index in [1.165, 1.54) is 22.7 Å². The van der Waals surface area contributed by atoms with Crippen molar-refractivity contribution in [3.8, 4) is 11.5 Å². The molecule has 0 saturated carbocycles. The Morgan fingerprint density at radius 2 is 1.66 bits per heavy atom. The Hall–Kier alpha value is -4.22. The number of amides is 1. The summed E-state index contributed by atoms with van der Waals surface area (Å²) in [5, 5.41) is 20.1. The molecule has 44 heavy (non-hydrogen) atoms. The van der Waals surface area contributed by atoms with E-state index in [4.69, 9.17) is 9.47 Å². The van der Waals surface area contributed by atoms with Crippen LogP contribution < -0.4 is 14.4 Å². The van der Waals surface area contributed by atoms with Crippen LogP contribution in [0.15, 0.2) is 82.7 Å². The number of halogens is 1. The van der Waals surface area contributed by atoms with Gasteiger partial charge < -0.3 is 14.6 Å². The molecule has 1 aliphatic heterocycles. The SMILES string of the molecule is CCCCCOc1ccc(C2/C(=C(/O)c3ccc(OCC)cc3)C(=O)C(=O)N2c2nnc(SCc3ccccc3F)s2)cc1. The molecule has 228 valence electrons. The van der Waals surface area contributed by atoms with Gasteiger partial charge in [-0.1, -0.05) is 73.2 Å². The second kappa shape index (κ2) is 14.5. The number of benzene rings is 3. The fraction of sp³-hybridized carbons (Fsp3) is 0.273. The van der Waals surface area contributed by atoms with Crippen molar-refractivity contribution in [1.82, 2.24) is 10.2 Å². The highest BCUT2D eigenvalue weighted by Crippen LogP contribution is 2.44. The van der Waals surface area contributed by atoms with E-state index < -0.39 is 17.7 Å². The Labute approximate surface area is 263 Å². The van der Waals surface area contributed by atoms with E-state index in [0.29, 0.717) is 51.5 Å². The van der Waals surface area contributed by atoms with Crippen molar-refractivity contribution in [3.05, 3.63) is 101 Å². The molecule has 1 fully saturated rings. The molecule has 3 aromatic carbocycles. The summed E-state index contributed by atoms with van der Waals surface area (Å²) in [5.74, 6) is -0.692. The van der Waals surface area contributed by atoms with Crippen LogP contribution in [0, 0.1) is 5.82 Å². The average Bonchev–Trinajstić information content (AvgIpc) is 3.61. The largest absolute Gasteiger partial charge is 0.507 e. The number of thioether (sulfide) groups is 1. The van der Waals surface area contributed by atoms with Crippen LogP contribution in [0.4, 0.5) is 9.52 Å². The highest BCUT2D eigenvalue weighted by Gasteiger charge is 2.48. The van der Waals surface area contributed by atoms with Crippen LogP contribution in [0.3, 0.4) is 0 Å². The number of anilines is 1. The van der Waals surface area contributed by atoms with E-state index in [1.54, 1.807) is 66.7 Å². The van der Waals surface area contributed by atoms with Gasteiger partial charge >= 0.3 is 5.91 Å². The van der Waals surface area contributed by atoms with Crippen LogP contribution in [0.1, 0.15) is 55.8 Å². The molecule has 2 heterocycles. The summed E-state index contributed by atoms with van der Waals surface area (Å²) in [6, 6.07) is 19.3. The van der Waals surface area contributed by atoms with E-state index in [1.807, 2.05) is 6.92 Å². The van der Waals surface area contributed by atoms with Crippen LogP contribution >= 0.6 is 23.1 Å². The minimum atomic E-state index is -0.965. The Balaban J connectivity index is 1.49. The maximum absolute atomic E-state index is 14.1. The highest BCUT2D eigenvalue weighted by atomic mass is 32.2. The fourth-order valence-corrected chi connectivity index (χ4v) is 6.63. The van der Waals surface area contributed by atoms with Gasteiger partial charge in [-0.25, -0.2) is 4.39 Å². The normalized spacial score (nSPS) is 16.0. The minimum absolute atomic E-state index is 0.0634. The minimum Gasteiger partial charge on any atom is -0.507 e. The lowest BCUT2D eigenvalue weighted by Gasteiger charge is -2.22. The predicted molar refractivity (Wildman–Crippen MR) is 170 cm³/mol. The Morgan fingerprint density at radius 3 is 2.36 bits per heavy atom. The van der Waals surface area contributed by atoms with E-state index in [0.717, 1.165) is 30.6 Å². The molecule has 11 heteroatoms. The van der Waals surface area contributed by atoms with Crippen LogP contribution in [-0.2, 0) is 15.3 Å². The number of aromatic nitrogens is 2. The van der Waals surface area contributed by atoms with E-state index in [-0.39, 0.29) is 22.3 Å². The lowest BCUT2D eigenvalue weighted by Crippen LogP contribution is -2.29. The van der Waals surface area contributed by atoms with E-state index in [2.05, 4.69) is 17.1 Å². The number of hydrogen-bond donors (Lipinski definition) is 1. The highest BCUT2D eigenvalue weighted by molar-refractivity contribution is 8.00. The van der Waals surface area contributed by atoms with Crippen molar-refractivity contribution in [2.45, 2.75) is 49.2 Å². The van der Waals surface area contributed by atoms with E-state index >= 15 is 0 Å². The number of hydrogen-bond acceptors (Lipinski definition) is 9. The van der Waals surface area contributed by atoms with Gasteiger partial charge in [-0.05, 0) is 66.9 Å². The molecule has 1 aromatic heterocycles. The zero-order valence-electron chi connectivity index (χ0n) is 24.4. The molecule has 1 amide bonds. The topological polar surface area (TPSA) is 102 Å². The summed E-state index contributed by atoms with van der Waals surface area (Å²) in [5.41, 5.74) is 1.41. The number of nitrogens with zero attached hydrogens (tertiary/aromatic N) is 3. The van der Waals surface area contributed by atoms with Crippen LogP contribution in [0.5, 0.6) is 11.5 Å². The standard InChI is InChI=1S/C33H32FN3O5S2/c1-3-5-8-19-42-25-15-11-21(12-16-25)28-27(29(38)22-13-17-24(18-14-22)41-4-2)30(39)31(40)37(28)32-35-36-33(44-32)43-20-23-9-6-7-10-26(23)34/h6-7,9-18,28,38H,3-5,8,19-20H2,1-2H3/b29-27-. The first kappa shape index (κ1) is 31.2. The summed E-state index contributed by atoms with van der Waals surface area (Å²) >= 11 is 2.40. The lowest BCUT2D eigenvalue weighted by molar-refractivity contribution is -0.132. The van der Waals surface area contributed by atoms with Crippen molar-refractivity contribution < 1.29 is 28.6 Å². The van der Waals surface area contributed by atoms with Crippen molar-refractivity contribution in [3.63, 3.8) is 0 Å². The second-order valence-corrected chi connectivity index (χ2v) is 12.2. The van der Waals surface area contributed by atoms with Gasteiger partial charge in [0.25, 0.3) is 5.78 Å². The molecule has 0 aliphatic carbocycles. The molecule has 1 unspecified atom stereocenters. The summed E-state index contributed by atoms with van der Waals surface area (Å²) in [7, 11) is 0. The smallest absolute Gasteiger partial charge is 0.301 e.